The number of sulfonamides is 1. The Kier molecular flexibility index (Phi) is 6.12. The van der Waals surface area contributed by atoms with Gasteiger partial charge in [-0.1, -0.05) is 12.1 Å². The Hall–Kier alpha value is -4.11. The lowest BCUT2D eigenvalue weighted by atomic mass is 10.1. The van der Waals surface area contributed by atoms with Crippen molar-refractivity contribution in [1.82, 2.24) is 4.57 Å². The minimum atomic E-state index is -3.88. The second kappa shape index (κ2) is 9.03. The van der Waals surface area contributed by atoms with Gasteiger partial charge >= 0.3 is 0 Å². The van der Waals surface area contributed by atoms with E-state index in [1.54, 1.807) is 45.0 Å². The molecule has 4 aromatic rings. The normalized spacial score (nSPS) is 11.3. The van der Waals surface area contributed by atoms with Crippen LogP contribution in [0.3, 0.4) is 0 Å². The van der Waals surface area contributed by atoms with Crippen LogP contribution in [0, 0.1) is 30.9 Å². The number of nitro benzene ring substituents is 1. The zero-order chi connectivity index (χ0) is 24.5. The van der Waals surface area contributed by atoms with Gasteiger partial charge in [-0.05, 0) is 79.9 Å². The highest BCUT2D eigenvalue weighted by Gasteiger charge is 2.20. The van der Waals surface area contributed by atoms with Crippen LogP contribution in [0.25, 0.3) is 5.69 Å². The molecule has 4 rings (SSSR count). The average Bonchev–Trinajstić information content (AvgIpc) is 3.31. The summed E-state index contributed by atoms with van der Waals surface area (Å²) in [5.74, 6) is 0.967. The van der Waals surface area contributed by atoms with Gasteiger partial charge in [0.2, 0.25) is 0 Å². The molecule has 0 bridgehead atoms. The number of non-ortho nitro benzene ring substituents is 1. The Morgan fingerprint density at radius 1 is 0.882 bits per heavy atom. The lowest BCUT2D eigenvalue weighted by Gasteiger charge is -2.17. The molecular weight excluding hydrogens is 454 g/mol. The van der Waals surface area contributed by atoms with E-state index >= 15 is 0 Å². The average molecular weight is 478 g/mol. The Morgan fingerprint density at radius 3 is 2.15 bits per heavy atom. The summed E-state index contributed by atoms with van der Waals surface area (Å²) in [6.45, 7) is 5.24. The van der Waals surface area contributed by atoms with Crippen molar-refractivity contribution in [1.29, 1.82) is 0 Å². The van der Waals surface area contributed by atoms with Gasteiger partial charge in [-0.25, -0.2) is 8.42 Å². The number of nitrogens with one attached hydrogen (secondary N) is 1. The second-order valence-corrected chi connectivity index (χ2v) is 9.59. The topological polar surface area (TPSA) is 103 Å². The molecule has 3 aromatic carbocycles. The number of ether oxygens (including phenoxy) is 1. The van der Waals surface area contributed by atoms with Gasteiger partial charge in [0.25, 0.3) is 15.7 Å². The SMILES string of the molecule is Cc1cc([N+](=O)[O-])ccc1Oc1c(C)cc(S(=O)(=O)Nc2ccccc2-n2cccc2)cc1C. The fourth-order valence-corrected chi connectivity index (χ4v) is 4.93. The number of nitro groups is 1. The van der Waals surface area contributed by atoms with Crippen LogP contribution in [0.2, 0.25) is 0 Å². The summed E-state index contributed by atoms with van der Waals surface area (Å²) >= 11 is 0. The number of hydrogen-bond acceptors (Lipinski definition) is 5. The number of rotatable bonds is 7. The molecule has 0 saturated carbocycles. The van der Waals surface area contributed by atoms with Crippen LogP contribution in [0.15, 0.2) is 84.0 Å². The van der Waals surface area contributed by atoms with Crippen LogP contribution < -0.4 is 9.46 Å². The van der Waals surface area contributed by atoms with E-state index in [0.29, 0.717) is 39.6 Å². The third-order valence-corrected chi connectivity index (χ3v) is 6.70. The molecule has 0 amide bonds. The second-order valence-electron chi connectivity index (χ2n) is 7.91. The van der Waals surface area contributed by atoms with Crippen molar-refractivity contribution in [3.8, 4) is 17.2 Å². The number of para-hydroxylation sites is 2. The predicted octanol–water partition coefficient (Wildman–Crippen LogP) is 5.90. The monoisotopic (exact) mass is 477 g/mol. The van der Waals surface area contributed by atoms with Crippen molar-refractivity contribution >= 4 is 21.4 Å². The van der Waals surface area contributed by atoms with Crippen molar-refractivity contribution in [2.45, 2.75) is 25.7 Å². The molecule has 0 radical (unpaired) electrons. The van der Waals surface area contributed by atoms with Crippen LogP contribution in [0.4, 0.5) is 11.4 Å². The summed E-state index contributed by atoms with van der Waals surface area (Å²) in [5, 5.41) is 11.0. The summed E-state index contributed by atoms with van der Waals surface area (Å²) in [6, 6.07) is 18.3. The number of benzene rings is 3. The van der Waals surface area contributed by atoms with E-state index in [1.165, 1.54) is 18.2 Å². The van der Waals surface area contributed by atoms with Gasteiger partial charge in [-0.15, -0.1) is 0 Å². The molecule has 0 saturated heterocycles. The van der Waals surface area contributed by atoms with Crippen molar-refractivity contribution in [3.63, 3.8) is 0 Å². The summed E-state index contributed by atoms with van der Waals surface area (Å²) < 4.78 is 37.0. The first-order chi connectivity index (χ1) is 16.2. The molecule has 1 aromatic heterocycles. The molecule has 0 spiro atoms. The first-order valence-electron chi connectivity index (χ1n) is 10.4. The van der Waals surface area contributed by atoms with Crippen LogP contribution in [-0.2, 0) is 10.0 Å². The van der Waals surface area contributed by atoms with Gasteiger partial charge in [0.05, 0.1) is 21.2 Å². The number of hydrogen-bond donors (Lipinski definition) is 1. The molecule has 8 nitrogen and oxygen atoms in total. The Labute approximate surface area is 197 Å². The van der Waals surface area contributed by atoms with Crippen molar-refractivity contribution in [3.05, 3.63) is 106 Å². The van der Waals surface area contributed by atoms with Gasteiger partial charge in [0, 0.05) is 24.5 Å². The molecule has 0 aliphatic heterocycles. The molecule has 34 heavy (non-hydrogen) atoms. The van der Waals surface area contributed by atoms with Crippen molar-refractivity contribution in [2.75, 3.05) is 4.72 Å². The number of aryl methyl sites for hydroxylation is 3. The molecule has 0 aliphatic carbocycles. The van der Waals surface area contributed by atoms with Gasteiger partial charge in [0.15, 0.2) is 0 Å². The number of anilines is 1. The maximum absolute atomic E-state index is 13.2. The summed E-state index contributed by atoms with van der Waals surface area (Å²) in [7, 11) is -3.88. The first-order valence-corrected chi connectivity index (χ1v) is 11.9. The Morgan fingerprint density at radius 2 is 1.53 bits per heavy atom. The third kappa shape index (κ3) is 4.65. The maximum Gasteiger partial charge on any atom is 0.269 e. The Balaban J connectivity index is 1.64. The van der Waals surface area contributed by atoms with E-state index < -0.39 is 14.9 Å². The van der Waals surface area contributed by atoms with Gasteiger partial charge in [-0.2, -0.15) is 0 Å². The van der Waals surface area contributed by atoms with E-state index in [4.69, 9.17) is 4.74 Å². The quantitative estimate of drug-likeness (QED) is 0.263. The lowest BCUT2D eigenvalue weighted by molar-refractivity contribution is -0.384. The van der Waals surface area contributed by atoms with Gasteiger partial charge < -0.3 is 9.30 Å². The minimum Gasteiger partial charge on any atom is -0.457 e. The zero-order valence-electron chi connectivity index (χ0n) is 18.8. The molecule has 174 valence electrons. The highest BCUT2D eigenvalue weighted by atomic mass is 32.2. The maximum atomic E-state index is 13.2. The van der Waals surface area contributed by atoms with Gasteiger partial charge in [0.1, 0.15) is 11.5 Å². The summed E-state index contributed by atoms with van der Waals surface area (Å²) in [5.41, 5.74) is 2.99. The molecule has 0 fully saturated rings. The Bertz CT molecular complexity index is 1460. The third-order valence-electron chi connectivity index (χ3n) is 5.36. The van der Waals surface area contributed by atoms with E-state index in [0.717, 1.165) is 0 Å². The van der Waals surface area contributed by atoms with E-state index in [1.807, 2.05) is 41.2 Å². The smallest absolute Gasteiger partial charge is 0.269 e. The van der Waals surface area contributed by atoms with Crippen molar-refractivity contribution in [2.24, 2.45) is 0 Å². The standard InChI is InChI=1S/C25H23N3O5S/c1-17-14-20(28(29)30)10-11-24(17)33-25-18(2)15-21(16-19(25)3)34(31,32)26-22-8-4-5-9-23(22)27-12-6-7-13-27/h4-16,26H,1-3H3. The molecule has 1 N–H and O–H groups in total. The van der Waals surface area contributed by atoms with Crippen molar-refractivity contribution < 1.29 is 18.1 Å². The lowest BCUT2D eigenvalue weighted by Crippen LogP contribution is -2.15. The van der Waals surface area contributed by atoms with Crippen LogP contribution in [0.1, 0.15) is 16.7 Å². The first kappa shape index (κ1) is 23.1. The highest BCUT2D eigenvalue weighted by Crippen LogP contribution is 2.34. The zero-order valence-corrected chi connectivity index (χ0v) is 19.7. The molecule has 0 atom stereocenters. The van der Waals surface area contributed by atoms with Crippen LogP contribution in [0.5, 0.6) is 11.5 Å². The largest absolute Gasteiger partial charge is 0.457 e. The van der Waals surface area contributed by atoms with E-state index in [-0.39, 0.29) is 10.6 Å². The van der Waals surface area contributed by atoms with E-state index in [9.17, 15) is 18.5 Å². The van der Waals surface area contributed by atoms with Crippen LogP contribution in [-0.4, -0.2) is 17.9 Å². The minimum absolute atomic E-state index is 0.0222. The van der Waals surface area contributed by atoms with Gasteiger partial charge in [-0.3, -0.25) is 14.8 Å². The van der Waals surface area contributed by atoms with Crippen LogP contribution >= 0.6 is 0 Å². The molecule has 0 aliphatic rings. The fraction of sp³-hybridized carbons (Fsp3) is 0.120. The van der Waals surface area contributed by atoms with E-state index in [2.05, 4.69) is 4.72 Å². The molecule has 0 unspecified atom stereocenters. The number of aromatic nitrogens is 1. The molecular formula is C25H23N3O5S. The highest BCUT2D eigenvalue weighted by molar-refractivity contribution is 7.92. The summed E-state index contributed by atoms with van der Waals surface area (Å²) in [6.07, 6.45) is 3.68. The fourth-order valence-electron chi connectivity index (χ4n) is 3.68. The number of nitrogens with zero attached hydrogens (tertiary/aromatic N) is 2. The summed E-state index contributed by atoms with van der Waals surface area (Å²) in [4.78, 5) is 10.6. The molecule has 9 heteroatoms. The molecule has 1 heterocycles. The predicted molar refractivity (Wildman–Crippen MR) is 130 cm³/mol.